The first-order valence-electron chi connectivity index (χ1n) is 9.93. The molecule has 2 heterocycles. The number of nitriles is 1. The fourth-order valence-corrected chi connectivity index (χ4v) is 5.22. The maximum Gasteiger partial charge on any atom is 0.259 e. The fraction of sp³-hybridized carbons (Fsp3) is 0.476. The van der Waals surface area contributed by atoms with Crippen LogP contribution < -0.4 is 5.43 Å². The summed E-state index contributed by atoms with van der Waals surface area (Å²) in [4.78, 5) is 30.7. The van der Waals surface area contributed by atoms with Gasteiger partial charge < -0.3 is 9.88 Å². The number of fused-ring (bicyclic) bond motifs is 1. The number of carbonyl (C=O) groups excluding carboxylic acids is 1. The van der Waals surface area contributed by atoms with Gasteiger partial charge in [-0.05, 0) is 36.5 Å². The molecule has 1 aromatic heterocycles. The van der Waals surface area contributed by atoms with Gasteiger partial charge >= 0.3 is 0 Å². The summed E-state index contributed by atoms with van der Waals surface area (Å²) in [6.45, 7) is 5.41. The first kappa shape index (κ1) is 22.0. The average Bonchev–Trinajstić information content (AvgIpc) is 2.70. The number of hydrogen-bond donors (Lipinski definition) is 1. The number of aromatic nitrogens is 1. The van der Waals surface area contributed by atoms with Gasteiger partial charge in [-0.25, -0.2) is 8.42 Å². The summed E-state index contributed by atoms with van der Waals surface area (Å²) < 4.78 is 26.6. The van der Waals surface area contributed by atoms with E-state index in [1.165, 1.54) is 31.4 Å². The highest BCUT2D eigenvalue weighted by Crippen LogP contribution is 2.23. The minimum absolute atomic E-state index is 0.0104. The normalized spacial score (nSPS) is 19.8. The Morgan fingerprint density at radius 3 is 2.60 bits per heavy atom. The van der Waals surface area contributed by atoms with E-state index in [0.717, 1.165) is 10.7 Å². The number of nitrogens with one attached hydrogen (secondary N) is 1. The molecule has 0 bridgehead atoms. The van der Waals surface area contributed by atoms with E-state index in [1.54, 1.807) is 4.90 Å². The summed E-state index contributed by atoms with van der Waals surface area (Å²) in [5, 5.41) is 8.85. The minimum atomic E-state index is -3.85. The summed E-state index contributed by atoms with van der Waals surface area (Å²) in [6, 6.07) is 6.13. The van der Waals surface area contributed by atoms with Crippen LogP contribution in [0.4, 0.5) is 0 Å². The highest BCUT2D eigenvalue weighted by molar-refractivity contribution is 7.89. The van der Waals surface area contributed by atoms with Crippen LogP contribution in [0, 0.1) is 23.2 Å². The van der Waals surface area contributed by atoms with Gasteiger partial charge in [-0.1, -0.05) is 13.8 Å². The van der Waals surface area contributed by atoms with Crippen molar-refractivity contribution in [3.63, 3.8) is 0 Å². The molecule has 0 unspecified atom stereocenters. The summed E-state index contributed by atoms with van der Waals surface area (Å²) in [6.07, 6.45) is 2.51. The highest BCUT2D eigenvalue weighted by atomic mass is 32.2. The predicted molar refractivity (Wildman–Crippen MR) is 113 cm³/mol. The van der Waals surface area contributed by atoms with Crippen molar-refractivity contribution in [3.8, 4) is 6.07 Å². The highest BCUT2D eigenvalue weighted by Gasteiger charge is 2.28. The molecule has 3 rings (SSSR count). The van der Waals surface area contributed by atoms with Crippen molar-refractivity contribution in [1.29, 1.82) is 5.26 Å². The van der Waals surface area contributed by atoms with E-state index < -0.39 is 15.5 Å². The number of hydrogen-bond acceptors (Lipinski definition) is 5. The number of nitrogens with zero attached hydrogens (tertiary/aromatic N) is 3. The van der Waals surface area contributed by atoms with Gasteiger partial charge in [0, 0.05) is 50.2 Å². The molecule has 1 amide bonds. The van der Waals surface area contributed by atoms with Crippen molar-refractivity contribution in [2.24, 2.45) is 11.8 Å². The number of amides is 1. The third kappa shape index (κ3) is 4.25. The molecule has 2 aromatic rings. The second-order valence-electron chi connectivity index (χ2n) is 8.13. The third-order valence-corrected chi connectivity index (χ3v) is 7.34. The van der Waals surface area contributed by atoms with Gasteiger partial charge in [0.25, 0.3) is 5.91 Å². The van der Waals surface area contributed by atoms with E-state index in [-0.39, 0.29) is 34.7 Å². The number of benzene rings is 1. The zero-order valence-corrected chi connectivity index (χ0v) is 18.2. The maximum atomic E-state index is 13.1. The molecule has 1 aliphatic rings. The summed E-state index contributed by atoms with van der Waals surface area (Å²) >= 11 is 0. The Bertz CT molecular complexity index is 1160. The molecule has 1 aliphatic heterocycles. The molecule has 9 heteroatoms. The molecule has 30 heavy (non-hydrogen) atoms. The molecular formula is C21H26N4O4S. The summed E-state index contributed by atoms with van der Waals surface area (Å²) in [5.41, 5.74) is -0.0249. The Morgan fingerprint density at radius 1 is 1.30 bits per heavy atom. The second-order valence-corrected chi connectivity index (χ2v) is 10.2. The number of rotatable bonds is 5. The lowest BCUT2D eigenvalue weighted by molar-refractivity contribution is 0.0621. The van der Waals surface area contributed by atoms with Crippen LogP contribution in [0.15, 0.2) is 34.1 Å². The lowest BCUT2D eigenvalue weighted by Crippen LogP contribution is -2.44. The Morgan fingerprint density at radius 2 is 1.97 bits per heavy atom. The van der Waals surface area contributed by atoms with Crippen molar-refractivity contribution < 1.29 is 13.2 Å². The van der Waals surface area contributed by atoms with E-state index in [9.17, 15) is 18.0 Å². The van der Waals surface area contributed by atoms with Crippen LogP contribution >= 0.6 is 0 Å². The van der Waals surface area contributed by atoms with Crippen LogP contribution in [-0.4, -0.2) is 55.2 Å². The van der Waals surface area contributed by atoms with Crippen molar-refractivity contribution in [2.45, 2.75) is 31.6 Å². The molecule has 1 saturated heterocycles. The number of likely N-dealkylation sites (tertiary alicyclic amines) is 1. The van der Waals surface area contributed by atoms with Crippen molar-refractivity contribution in [2.75, 3.05) is 26.7 Å². The largest absolute Gasteiger partial charge is 0.360 e. The van der Waals surface area contributed by atoms with Crippen molar-refractivity contribution in [1.82, 2.24) is 14.2 Å². The SMILES string of the molecule is C[C@@H]1C[C@H](C)CN(C(=O)c2c[nH]c3ccc(S(=O)(=O)N(C)CCC#N)cc3c2=O)C1. The van der Waals surface area contributed by atoms with Gasteiger partial charge in [0.05, 0.1) is 11.0 Å². The van der Waals surface area contributed by atoms with Crippen LogP contribution in [0.3, 0.4) is 0 Å². The molecule has 1 N–H and O–H groups in total. The van der Waals surface area contributed by atoms with Crippen molar-refractivity contribution in [3.05, 3.63) is 40.2 Å². The van der Waals surface area contributed by atoms with Crippen molar-refractivity contribution >= 4 is 26.8 Å². The van der Waals surface area contributed by atoms with Crippen LogP contribution in [0.5, 0.6) is 0 Å². The van der Waals surface area contributed by atoms with Crippen LogP contribution in [0.1, 0.15) is 37.0 Å². The van der Waals surface area contributed by atoms with Crippen LogP contribution in [0.25, 0.3) is 10.9 Å². The zero-order chi connectivity index (χ0) is 22.1. The standard InChI is InChI=1S/C21H26N4O4S/c1-14-9-15(2)13-25(12-14)21(27)18-11-23-19-6-5-16(10-17(19)20(18)26)30(28,29)24(3)8-4-7-22/h5-6,10-11,14-15H,4,8-9,12-13H2,1-3H3,(H,23,26)/t14-,15+. The van der Waals surface area contributed by atoms with E-state index >= 15 is 0 Å². The molecule has 0 aliphatic carbocycles. The fourth-order valence-electron chi connectivity index (χ4n) is 4.02. The molecule has 0 spiro atoms. The number of aromatic amines is 1. The maximum absolute atomic E-state index is 13.1. The first-order valence-corrected chi connectivity index (χ1v) is 11.4. The van der Waals surface area contributed by atoms with Gasteiger partial charge in [0.15, 0.2) is 0 Å². The monoisotopic (exact) mass is 430 g/mol. The molecule has 1 fully saturated rings. The molecule has 1 aromatic carbocycles. The van der Waals surface area contributed by atoms with Gasteiger partial charge in [0.1, 0.15) is 5.56 Å². The third-order valence-electron chi connectivity index (χ3n) is 5.49. The molecule has 2 atom stereocenters. The number of sulfonamides is 1. The Kier molecular flexibility index (Phi) is 6.29. The first-order chi connectivity index (χ1) is 14.1. The predicted octanol–water partition coefficient (Wildman–Crippen LogP) is 2.18. The Labute approximate surface area is 176 Å². The van der Waals surface area contributed by atoms with Crippen LogP contribution in [0.2, 0.25) is 0 Å². The van der Waals surface area contributed by atoms with E-state index in [0.29, 0.717) is 30.4 Å². The Hall–Kier alpha value is -2.70. The smallest absolute Gasteiger partial charge is 0.259 e. The summed E-state index contributed by atoms with van der Waals surface area (Å²) in [7, 11) is -2.46. The van der Waals surface area contributed by atoms with E-state index in [4.69, 9.17) is 5.26 Å². The number of piperidine rings is 1. The second kappa shape index (κ2) is 8.58. The molecule has 160 valence electrons. The number of H-pyrrole nitrogens is 1. The Balaban J connectivity index is 2.00. The molecular weight excluding hydrogens is 404 g/mol. The average molecular weight is 431 g/mol. The van der Waals surface area contributed by atoms with Gasteiger partial charge in [0.2, 0.25) is 15.5 Å². The van der Waals surface area contributed by atoms with Gasteiger partial charge in [-0.2, -0.15) is 9.57 Å². The minimum Gasteiger partial charge on any atom is -0.360 e. The zero-order valence-electron chi connectivity index (χ0n) is 17.4. The van der Waals surface area contributed by atoms with E-state index in [2.05, 4.69) is 18.8 Å². The van der Waals surface area contributed by atoms with Gasteiger partial charge in [-0.3, -0.25) is 9.59 Å². The molecule has 8 nitrogen and oxygen atoms in total. The topological polar surface area (TPSA) is 114 Å². The van der Waals surface area contributed by atoms with E-state index in [1.807, 2.05) is 6.07 Å². The molecule has 0 radical (unpaired) electrons. The number of pyridine rings is 1. The van der Waals surface area contributed by atoms with Gasteiger partial charge in [-0.15, -0.1) is 0 Å². The lowest BCUT2D eigenvalue weighted by Gasteiger charge is -2.34. The quantitative estimate of drug-likeness (QED) is 0.781. The lowest BCUT2D eigenvalue weighted by atomic mass is 9.91. The number of carbonyl (C=O) groups is 1. The molecule has 0 saturated carbocycles. The van der Waals surface area contributed by atoms with Crippen LogP contribution in [-0.2, 0) is 10.0 Å². The summed E-state index contributed by atoms with van der Waals surface area (Å²) in [5.74, 6) is 0.381.